The van der Waals surface area contributed by atoms with E-state index in [9.17, 15) is 13.2 Å². The van der Waals surface area contributed by atoms with Crippen LogP contribution in [0, 0.1) is 6.92 Å². The van der Waals surface area contributed by atoms with Crippen molar-refractivity contribution in [2.45, 2.75) is 19.6 Å². The second kappa shape index (κ2) is 5.61. The van der Waals surface area contributed by atoms with Gasteiger partial charge in [0, 0.05) is 18.0 Å². The van der Waals surface area contributed by atoms with Crippen LogP contribution in [0.4, 0.5) is 19.0 Å². The fourth-order valence-corrected chi connectivity index (χ4v) is 2.05. The van der Waals surface area contributed by atoms with Crippen molar-refractivity contribution >= 4 is 23.2 Å². The molecule has 0 aliphatic heterocycles. The second-order valence-electron chi connectivity index (χ2n) is 4.60. The molecule has 11 heteroatoms. The maximum atomic E-state index is 12.7. The molecule has 0 atom stereocenters. The van der Waals surface area contributed by atoms with Gasteiger partial charge in [0.15, 0.2) is 0 Å². The van der Waals surface area contributed by atoms with Gasteiger partial charge in [0.2, 0.25) is 5.28 Å². The van der Waals surface area contributed by atoms with Crippen molar-refractivity contribution in [2.24, 2.45) is 0 Å². The summed E-state index contributed by atoms with van der Waals surface area (Å²) in [6, 6.07) is 3.19. The normalized spacial score (nSPS) is 11.9. The Morgan fingerprint density at radius 2 is 2.04 bits per heavy atom. The fraction of sp³-hybridized carbons (Fsp3) is 0.250. The van der Waals surface area contributed by atoms with Crippen molar-refractivity contribution in [2.75, 3.05) is 5.32 Å². The van der Waals surface area contributed by atoms with Gasteiger partial charge in [-0.15, -0.1) is 5.10 Å². The van der Waals surface area contributed by atoms with E-state index in [-0.39, 0.29) is 17.6 Å². The lowest BCUT2D eigenvalue weighted by atomic mass is 10.4. The maximum absolute atomic E-state index is 12.7. The van der Waals surface area contributed by atoms with Crippen LogP contribution in [0.15, 0.2) is 18.3 Å². The first-order valence-corrected chi connectivity index (χ1v) is 6.73. The summed E-state index contributed by atoms with van der Waals surface area (Å²) in [6.07, 6.45) is -3.16. The molecule has 3 rings (SSSR count). The van der Waals surface area contributed by atoms with Crippen molar-refractivity contribution in [1.29, 1.82) is 0 Å². The summed E-state index contributed by atoms with van der Waals surface area (Å²) in [5.74, 6) is -1.07. The zero-order valence-electron chi connectivity index (χ0n) is 11.6. The lowest BCUT2D eigenvalue weighted by Crippen LogP contribution is -2.10. The van der Waals surface area contributed by atoms with Gasteiger partial charge in [-0.2, -0.15) is 22.7 Å². The standard InChI is InChI=1S/C12H9ClF3N7/c1-6-4-8(18-5-7-2-3-17-10(13)20-7)23-11(19-6)21-9(22-23)12(14,15)16/h2-4,18H,5H2,1H3. The monoisotopic (exact) mass is 343 g/mol. The molecule has 0 saturated carbocycles. The van der Waals surface area contributed by atoms with Gasteiger partial charge in [-0.25, -0.2) is 15.0 Å². The van der Waals surface area contributed by atoms with Gasteiger partial charge in [0.25, 0.3) is 11.6 Å². The predicted molar refractivity (Wildman–Crippen MR) is 74.9 cm³/mol. The summed E-state index contributed by atoms with van der Waals surface area (Å²) in [7, 11) is 0. The van der Waals surface area contributed by atoms with Crippen LogP contribution in [0.3, 0.4) is 0 Å². The van der Waals surface area contributed by atoms with Crippen molar-refractivity contribution in [3.63, 3.8) is 0 Å². The second-order valence-corrected chi connectivity index (χ2v) is 4.94. The van der Waals surface area contributed by atoms with E-state index >= 15 is 0 Å². The highest BCUT2D eigenvalue weighted by Gasteiger charge is 2.36. The third-order valence-corrected chi connectivity index (χ3v) is 3.01. The summed E-state index contributed by atoms with van der Waals surface area (Å²) in [5.41, 5.74) is 1.07. The number of halogens is 4. The van der Waals surface area contributed by atoms with Crippen LogP contribution in [-0.4, -0.2) is 29.5 Å². The van der Waals surface area contributed by atoms with Crippen molar-refractivity contribution < 1.29 is 13.2 Å². The molecule has 0 saturated heterocycles. The number of rotatable bonds is 3. The number of hydrogen-bond acceptors (Lipinski definition) is 6. The average Bonchev–Trinajstić information content (AvgIpc) is 2.88. The predicted octanol–water partition coefficient (Wildman–Crippen LogP) is 2.51. The highest BCUT2D eigenvalue weighted by molar-refractivity contribution is 6.28. The zero-order valence-corrected chi connectivity index (χ0v) is 12.4. The molecular formula is C12H9ClF3N7. The molecule has 3 aromatic rings. The van der Waals surface area contributed by atoms with Crippen molar-refractivity contribution in [3.05, 3.63) is 40.8 Å². The van der Waals surface area contributed by atoms with Gasteiger partial charge in [0.05, 0.1) is 12.2 Å². The molecule has 23 heavy (non-hydrogen) atoms. The zero-order chi connectivity index (χ0) is 16.6. The smallest absolute Gasteiger partial charge is 0.364 e. The van der Waals surface area contributed by atoms with E-state index in [4.69, 9.17) is 11.6 Å². The Balaban J connectivity index is 1.95. The molecule has 0 aliphatic carbocycles. The molecule has 120 valence electrons. The maximum Gasteiger partial charge on any atom is 0.453 e. The number of aryl methyl sites for hydroxylation is 1. The van der Waals surface area contributed by atoms with Gasteiger partial charge in [-0.05, 0) is 24.6 Å². The van der Waals surface area contributed by atoms with Crippen LogP contribution in [0.25, 0.3) is 5.78 Å². The highest BCUT2D eigenvalue weighted by atomic mass is 35.5. The van der Waals surface area contributed by atoms with Gasteiger partial charge >= 0.3 is 6.18 Å². The average molecular weight is 344 g/mol. The minimum absolute atomic E-state index is 0.0838. The molecule has 0 unspecified atom stereocenters. The van der Waals surface area contributed by atoms with Crippen LogP contribution in [-0.2, 0) is 12.7 Å². The Morgan fingerprint density at radius 1 is 1.26 bits per heavy atom. The van der Waals surface area contributed by atoms with Gasteiger partial charge in [-0.1, -0.05) is 0 Å². The van der Waals surface area contributed by atoms with Crippen molar-refractivity contribution in [3.8, 4) is 0 Å². The van der Waals surface area contributed by atoms with Gasteiger partial charge in [-0.3, -0.25) is 0 Å². The number of nitrogens with one attached hydrogen (secondary N) is 1. The van der Waals surface area contributed by atoms with E-state index in [0.29, 0.717) is 17.2 Å². The van der Waals surface area contributed by atoms with Crippen LogP contribution in [0.1, 0.15) is 17.2 Å². The third-order valence-electron chi connectivity index (χ3n) is 2.83. The largest absolute Gasteiger partial charge is 0.453 e. The summed E-state index contributed by atoms with van der Waals surface area (Å²) < 4.78 is 39.2. The number of aromatic nitrogens is 6. The Bertz CT molecular complexity index is 861. The van der Waals surface area contributed by atoms with Gasteiger partial charge in [0.1, 0.15) is 5.82 Å². The summed E-state index contributed by atoms with van der Waals surface area (Å²) >= 11 is 5.69. The van der Waals surface area contributed by atoms with E-state index < -0.39 is 12.0 Å². The number of alkyl halides is 3. The molecular weight excluding hydrogens is 335 g/mol. The number of hydrogen-bond donors (Lipinski definition) is 1. The fourth-order valence-electron chi connectivity index (χ4n) is 1.88. The molecule has 0 aliphatic rings. The van der Waals surface area contributed by atoms with Crippen molar-refractivity contribution in [1.82, 2.24) is 29.5 Å². The van der Waals surface area contributed by atoms with E-state index in [1.807, 2.05) is 0 Å². The lowest BCUT2D eigenvalue weighted by Gasteiger charge is -2.08. The van der Waals surface area contributed by atoms with E-state index in [2.05, 4.69) is 30.4 Å². The quantitative estimate of drug-likeness (QED) is 0.736. The molecule has 0 fully saturated rings. The van der Waals surface area contributed by atoms with E-state index in [0.717, 1.165) is 4.52 Å². The first-order valence-electron chi connectivity index (χ1n) is 6.36. The molecule has 7 nitrogen and oxygen atoms in total. The molecule has 3 heterocycles. The summed E-state index contributed by atoms with van der Waals surface area (Å²) in [4.78, 5) is 15.1. The summed E-state index contributed by atoms with van der Waals surface area (Å²) in [5, 5.41) is 6.48. The molecule has 0 radical (unpaired) electrons. The topological polar surface area (TPSA) is 80.9 Å². The van der Waals surface area contributed by atoms with E-state index in [1.54, 1.807) is 19.1 Å². The SMILES string of the molecule is Cc1cc(NCc2ccnc(Cl)n2)n2nc(C(F)(F)F)nc2n1. The molecule has 0 aromatic carbocycles. The first kappa shape index (κ1) is 15.4. The van der Waals surface area contributed by atoms with Crippen LogP contribution in [0.2, 0.25) is 5.28 Å². The Kier molecular flexibility index (Phi) is 3.76. The number of anilines is 1. The van der Waals surface area contributed by atoms with Gasteiger partial charge < -0.3 is 5.32 Å². The highest BCUT2D eigenvalue weighted by Crippen LogP contribution is 2.27. The van der Waals surface area contributed by atoms with Crippen LogP contribution in [0.5, 0.6) is 0 Å². The third kappa shape index (κ3) is 3.31. The molecule has 0 spiro atoms. The molecule has 0 bridgehead atoms. The summed E-state index contributed by atoms with van der Waals surface area (Å²) in [6.45, 7) is 1.87. The molecule has 1 N–H and O–H groups in total. The molecule has 0 amide bonds. The number of nitrogens with zero attached hydrogens (tertiary/aromatic N) is 6. The number of fused-ring (bicyclic) bond motifs is 1. The Labute approximate surface area is 132 Å². The minimum atomic E-state index is -4.64. The minimum Gasteiger partial charge on any atom is -0.364 e. The van der Waals surface area contributed by atoms with Crippen LogP contribution < -0.4 is 5.32 Å². The first-order chi connectivity index (χ1) is 10.8. The lowest BCUT2D eigenvalue weighted by molar-refractivity contribution is -0.144. The van der Waals surface area contributed by atoms with E-state index in [1.165, 1.54) is 6.20 Å². The van der Waals surface area contributed by atoms with Crippen LogP contribution >= 0.6 is 11.6 Å². The Morgan fingerprint density at radius 3 is 2.74 bits per heavy atom. The Hall–Kier alpha value is -2.49. The molecule has 3 aromatic heterocycles.